The van der Waals surface area contributed by atoms with Crippen molar-refractivity contribution in [3.8, 4) is 5.75 Å². The molecule has 4 aromatic carbocycles. The fourth-order valence-electron chi connectivity index (χ4n) is 4.41. The van der Waals surface area contributed by atoms with Crippen LogP contribution in [0.15, 0.2) is 110 Å². The van der Waals surface area contributed by atoms with E-state index in [1.807, 2.05) is 19.1 Å². The van der Waals surface area contributed by atoms with E-state index in [-0.39, 0.29) is 11.7 Å². The van der Waals surface area contributed by atoms with Gasteiger partial charge in [0.25, 0.3) is 0 Å². The Balaban J connectivity index is 1.38. The first-order chi connectivity index (χ1) is 18.4. The minimum atomic E-state index is 0.0579. The van der Waals surface area contributed by atoms with Crippen molar-refractivity contribution in [2.24, 2.45) is 5.92 Å². The first kappa shape index (κ1) is 26.9. The SMILES string of the molecule is C=CC(=O)CC(C)COc1ccc(CCc2ccc(N(c3ccc(C)cc3)c3ccc(C)cc3)cc2)cc1. The summed E-state index contributed by atoms with van der Waals surface area (Å²) < 4.78 is 5.86. The van der Waals surface area contributed by atoms with E-state index in [1.54, 1.807) is 0 Å². The fourth-order valence-corrected chi connectivity index (χ4v) is 4.41. The maximum atomic E-state index is 11.5. The highest BCUT2D eigenvalue weighted by atomic mass is 16.5. The van der Waals surface area contributed by atoms with Gasteiger partial charge in [-0.2, -0.15) is 0 Å². The van der Waals surface area contributed by atoms with Gasteiger partial charge in [-0.25, -0.2) is 0 Å². The molecule has 3 heteroatoms. The summed E-state index contributed by atoms with van der Waals surface area (Å²) in [6.45, 7) is 10.3. The molecule has 1 atom stereocenters. The van der Waals surface area contributed by atoms with Gasteiger partial charge in [0.2, 0.25) is 0 Å². The highest BCUT2D eigenvalue weighted by molar-refractivity contribution is 5.89. The molecule has 38 heavy (non-hydrogen) atoms. The van der Waals surface area contributed by atoms with E-state index < -0.39 is 0 Å². The van der Waals surface area contributed by atoms with Gasteiger partial charge in [-0.3, -0.25) is 4.79 Å². The van der Waals surface area contributed by atoms with Gasteiger partial charge < -0.3 is 9.64 Å². The van der Waals surface area contributed by atoms with Crippen molar-refractivity contribution in [1.82, 2.24) is 0 Å². The van der Waals surface area contributed by atoms with Crippen molar-refractivity contribution in [2.45, 2.75) is 40.0 Å². The molecule has 4 rings (SSSR count). The zero-order valence-electron chi connectivity index (χ0n) is 22.7. The average molecular weight is 504 g/mol. The van der Waals surface area contributed by atoms with Crippen molar-refractivity contribution in [3.05, 3.63) is 132 Å². The lowest BCUT2D eigenvalue weighted by molar-refractivity contribution is -0.115. The van der Waals surface area contributed by atoms with Gasteiger partial charge in [-0.1, -0.05) is 73.2 Å². The third-order valence-electron chi connectivity index (χ3n) is 6.72. The van der Waals surface area contributed by atoms with Gasteiger partial charge in [-0.15, -0.1) is 0 Å². The van der Waals surface area contributed by atoms with Gasteiger partial charge in [0.05, 0.1) is 6.61 Å². The van der Waals surface area contributed by atoms with Crippen molar-refractivity contribution in [1.29, 1.82) is 0 Å². The standard InChI is InChI=1S/C35H37NO2/c1-5-34(37)24-28(4)25-38-35-22-14-30(15-23-35)11-10-29-12-20-33(21-13-29)36(31-16-6-26(2)7-17-31)32-18-8-27(3)9-19-32/h5-9,12-23,28H,1,10-11,24-25H2,2-4H3. The highest BCUT2D eigenvalue weighted by Gasteiger charge is 2.12. The van der Waals surface area contributed by atoms with Gasteiger partial charge in [-0.05, 0) is 98.3 Å². The third-order valence-corrected chi connectivity index (χ3v) is 6.72. The van der Waals surface area contributed by atoms with Crippen molar-refractivity contribution in [3.63, 3.8) is 0 Å². The van der Waals surface area contributed by atoms with E-state index in [4.69, 9.17) is 4.74 Å². The summed E-state index contributed by atoms with van der Waals surface area (Å²) in [5, 5.41) is 0. The molecule has 0 N–H and O–H groups in total. The molecule has 1 unspecified atom stereocenters. The van der Waals surface area contributed by atoms with Crippen LogP contribution in [0.5, 0.6) is 5.75 Å². The van der Waals surface area contributed by atoms with Crippen LogP contribution in [0.25, 0.3) is 0 Å². The molecule has 0 radical (unpaired) electrons. The molecule has 0 aliphatic rings. The molecule has 0 saturated carbocycles. The van der Waals surface area contributed by atoms with Crippen LogP contribution in [-0.4, -0.2) is 12.4 Å². The number of nitrogens with zero attached hydrogens (tertiary/aromatic N) is 1. The topological polar surface area (TPSA) is 29.5 Å². The zero-order valence-corrected chi connectivity index (χ0v) is 22.7. The predicted octanol–water partition coefficient (Wildman–Crippen LogP) is 8.72. The predicted molar refractivity (Wildman–Crippen MR) is 159 cm³/mol. The van der Waals surface area contributed by atoms with Gasteiger partial charge >= 0.3 is 0 Å². The number of allylic oxidation sites excluding steroid dienone is 1. The third kappa shape index (κ3) is 7.45. The lowest BCUT2D eigenvalue weighted by atomic mass is 10.0. The number of hydrogen-bond acceptors (Lipinski definition) is 3. The molecule has 0 amide bonds. The number of rotatable bonds is 12. The van der Waals surface area contributed by atoms with E-state index >= 15 is 0 Å². The summed E-state index contributed by atoms with van der Waals surface area (Å²) in [5.74, 6) is 1.06. The van der Waals surface area contributed by atoms with Crippen LogP contribution in [0.4, 0.5) is 17.1 Å². The summed E-state index contributed by atoms with van der Waals surface area (Å²) in [7, 11) is 0. The Bertz CT molecular complexity index is 1280. The number of hydrogen-bond donors (Lipinski definition) is 0. The fraction of sp³-hybridized carbons (Fsp3) is 0.229. The summed E-state index contributed by atoms with van der Waals surface area (Å²) in [5.41, 5.74) is 8.53. The number of ketones is 1. The van der Waals surface area contributed by atoms with Gasteiger partial charge in [0.15, 0.2) is 5.78 Å². The molecule has 3 nitrogen and oxygen atoms in total. The van der Waals surface area contributed by atoms with Crippen LogP contribution in [0, 0.1) is 19.8 Å². The second-order valence-electron chi connectivity index (χ2n) is 10.1. The Labute approximate surface area is 227 Å². The van der Waals surface area contributed by atoms with E-state index in [9.17, 15) is 4.79 Å². The summed E-state index contributed by atoms with van der Waals surface area (Å²) in [4.78, 5) is 13.8. The molecule has 0 bridgehead atoms. The maximum Gasteiger partial charge on any atom is 0.155 e. The number of ether oxygens (including phenoxy) is 1. The van der Waals surface area contributed by atoms with Crippen molar-refractivity contribution < 1.29 is 9.53 Å². The molecule has 0 heterocycles. The number of aryl methyl sites for hydroxylation is 4. The first-order valence-corrected chi connectivity index (χ1v) is 13.3. The Morgan fingerprint density at radius 3 is 1.61 bits per heavy atom. The Morgan fingerprint density at radius 2 is 1.16 bits per heavy atom. The molecule has 0 aliphatic carbocycles. The van der Waals surface area contributed by atoms with Crippen LogP contribution in [0.3, 0.4) is 0 Å². The van der Waals surface area contributed by atoms with Gasteiger partial charge in [0, 0.05) is 23.5 Å². The molecule has 4 aromatic rings. The molecule has 0 aliphatic heterocycles. The lowest BCUT2D eigenvalue weighted by Crippen LogP contribution is -2.12. The summed E-state index contributed by atoms with van der Waals surface area (Å²) >= 11 is 0. The Morgan fingerprint density at radius 1 is 0.737 bits per heavy atom. The van der Waals surface area contributed by atoms with Gasteiger partial charge in [0.1, 0.15) is 5.75 Å². The molecule has 194 valence electrons. The summed E-state index contributed by atoms with van der Waals surface area (Å²) in [6, 6.07) is 34.5. The van der Waals surface area contributed by atoms with Crippen LogP contribution in [-0.2, 0) is 17.6 Å². The van der Waals surface area contributed by atoms with E-state index in [1.165, 1.54) is 28.3 Å². The Kier molecular flexibility index (Phi) is 9.16. The van der Waals surface area contributed by atoms with E-state index in [2.05, 4.69) is 110 Å². The Hall–Kier alpha value is -4.11. The molecular weight excluding hydrogens is 466 g/mol. The molecule has 0 aromatic heterocycles. The highest BCUT2D eigenvalue weighted by Crippen LogP contribution is 2.34. The van der Waals surface area contributed by atoms with Crippen LogP contribution in [0.2, 0.25) is 0 Å². The van der Waals surface area contributed by atoms with Crippen LogP contribution in [0.1, 0.15) is 35.6 Å². The minimum absolute atomic E-state index is 0.0579. The molecule has 0 spiro atoms. The van der Waals surface area contributed by atoms with Crippen LogP contribution >= 0.6 is 0 Å². The van der Waals surface area contributed by atoms with Crippen LogP contribution < -0.4 is 9.64 Å². The number of carbonyl (C=O) groups excluding carboxylic acids is 1. The van der Waals surface area contributed by atoms with Crippen molar-refractivity contribution in [2.75, 3.05) is 11.5 Å². The quantitative estimate of drug-likeness (QED) is 0.181. The average Bonchev–Trinajstić information content (AvgIpc) is 2.94. The normalized spacial score (nSPS) is 11.6. The number of benzene rings is 4. The van der Waals surface area contributed by atoms with E-state index in [0.717, 1.165) is 35.7 Å². The molecule has 0 fully saturated rings. The van der Waals surface area contributed by atoms with E-state index in [0.29, 0.717) is 13.0 Å². The second kappa shape index (κ2) is 12.9. The monoisotopic (exact) mass is 503 g/mol. The minimum Gasteiger partial charge on any atom is -0.493 e. The largest absolute Gasteiger partial charge is 0.493 e. The second-order valence-corrected chi connectivity index (χ2v) is 10.1. The van der Waals surface area contributed by atoms with Crippen molar-refractivity contribution >= 4 is 22.8 Å². The maximum absolute atomic E-state index is 11.5. The smallest absolute Gasteiger partial charge is 0.155 e. The lowest BCUT2D eigenvalue weighted by Gasteiger charge is -2.26. The number of anilines is 3. The number of carbonyl (C=O) groups is 1. The molecule has 0 saturated heterocycles. The first-order valence-electron chi connectivity index (χ1n) is 13.3. The molecular formula is C35H37NO2. The summed E-state index contributed by atoms with van der Waals surface area (Å²) in [6.07, 6.45) is 3.77. The zero-order chi connectivity index (χ0) is 26.9.